The van der Waals surface area contributed by atoms with Crippen LogP contribution in [0, 0.1) is 6.92 Å². The zero-order valence-corrected chi connectivity index (χ0v) is 20.7. The lowest BCUT2D eigenvalue weighted by atomic mass is 9.95. The fourth-order valence-corrected chi connectivity index (χ4v) is 4.79. The largest absolute Gasteiger partial charge is 0.496 e. The third kappa shape index (κ3) is 6.05. The molecule has 1 atom stereocenters. The summed E-state index contributed by atoms with van der Waals surface area (Å²) in [6, 6.07) is 15.0. The number of carboxylic acids is 1. The van der Waals surface area contributed by atoms with Gasteiger partial charge in [-0.2, -0.15) is 13.2 Å². The Hall–Kier alpha value is -3.58. The Morgan fingerprint density at radius 1 is 1.11 bits per heavy atom. The number of ether oxygens (including phenoxy) is 1. The first kappa shape index (κ1) is 23.8. The van der Waals surface area contributed by atoms with E-state index in [-0.39, 0.29) is 23.9 Å². The molecule has 0 saturated carbocycles. The molecule has 3 aromatic rings. The molecule has 1 heterocycles. The van der Waals surface area contributed by atoms with Gasteiger partial charge in [0, 0.05) is 12.1 Å². The van der Waals surface area contributed by atoms with E-state index in [1.807, 2.05) is 36.4 Å². The molecule has 4 rings (SSSR count). The third-order valence-corrected chi connectivity index (χ3v) is 6.75. The van der Waals surface area contributed by atoms with Crippen molar-refractivity contribution >= 4 is 18.1 Å². The van der Waals surface area contributed by atoms with Crippen LogP contribution in [0.4, 0.5) is 13.2 Å². The number of hydrogen-bond acceptors (Lipinski definition) is 3. The summed E-state index contributed by atoms with van der Waals surface area (Å²) >= 11 is 0. The Kier molecular flexibility index (Phi) is 7.21. The van der Waals surface area contributed by atoms with Gasteiger partial charge in [-0.05, 0) is 66.3 Å². The van der Waals surface area contributed by atoms with Gasteiger partial charge >= 0.3 is 12.1 Å². The van der Waals surface area contributed by atoms with Crippen molar-refractivity contribution in [3.8, 4) is 16.9 Å². The number of carboxylic acid groups (broad SMARTS) is 1. The molecular weight excluding hydrogens is 479 g/mol. The minimum Gasteiger partial charge on any atom is -0.496 e. The fraction of sp³-hybridized carbons (Fsp3) is 0.300. The molecular formula is C30H30F3NO3. The van der Waals surface area contributed by atoms with E-state index in [4.69, 9.17) is 7.48 Å². The van der Waals surface area contributed by atoms with Crippen LogP contribution in [0.25, 0.3) is 23.2 Å². The average molecular weight is 512 g/mol. The first-order chi connectivity index (χ1) is 18.5. The van der Waals surface area contributed by atoms with E-state index in [1.54, 1.807) is 24.0 Å². The van der Waals surface area contributed by atoms with E-state index >= 15 is 0 Å². The Labute approximate surface area is 217 Å². The molecule has 1 saturated heterocycles. The molecule has 1 fully saturated rings. The van der Waals surface area contributed by atoms with Crippen molar-refractivity contribution in [1.82, 2.24) is 4.90 Å². The smallest absolute Gasteiger partial charge is 0.417 e. The molecule has 37 heavy (non-hydrogen) atoms. The highest BCUT2D eigenvalue weighted by molar-refractivity contribution is 5.78. The predicted molar refractivity (Wildman–Crippen MR) is 139 cm³/mol. The summed E-state index contributed by atoms with van der Waals surface area (Å²) in [5.41, 5.74) is 1.42. The number of alkyl halides is 3. The first-order valence-corrected chi connectivity index (χ1v) is 12.1. The maximum Gasteiger partial charge on any atom is 0.417 e. The number of halogens is 3. The van der Waals surface area contributed by atoms with E-state index in [0.29, 0.717) is 24.1 Å². The zero-order chi connectivity index (χ0) is 28.3. The molecule has 0 radical (unpaired) electrons. The number of likely N-dealkylation sites (tertiary alicyclic amines) is 1. The molecule has 1 aliphatic heterocycles. The van der Waals surface area contributed by atoms with Crippen molar-refractivity contribution in [1.29, 1.82) is 0 Å². The van der Waals surface area contributed by atoms with Crippen LogP contribution < -0.4 is 4.74 Å². The number of rotatable bonds is 7. The molecule has 3 aromatic carbocycles. The second-order valence-corrected chi connectivity index (χ2v) is 9.12. The molecule has 194 valence electrons. The predicted octanol–water partition coefficient (Wildman–Crippen LogP) is 7.30. The van der Waals surface area contributed by atoms with Gasteiger partial charge < -0.3 is 9.84 Å². The summed E-state index contributed by atoms with van der Waals surface area (Å²) in [6.45, 7) is 2.19. The Balaban J connectivity index is 1.81. The molecule has 0 unspecified atom stereocenters. The van der Waals surface area contributed by atoms with Crippen molar-refractivity contribution in [2.24, 2.45) is 0 Å². The molecule has 0 amide bonds. The minimum absolute atomic E-state index is 0.0352. The number of carbonyl (C=O) groups is 1. The first-order valence-electron chi connectivity index (χ1n) is 13.1. The number of nitrogens with zero attached hydrogens (tertiary/aromatic N) is 1. The van der Waals surface area contributed by atoms with E-state index < -0.39 is 35.4 Å². The lowest BCUT2D eigenvalue weighted by Gasteiger charge is -2.33. The SMILES string of the molecule is [2H]/C(=C(/[2H])c1cccc(-c2ccccc2)c1C)c1cc(OC)c(CN2CCCC[C@H]2C(=O)O)cc1C(F)(F)F. The van der Waals surface area contributed by atoms with E-state index in [0.717, 1.165) is 36.1 Å². The fourth-order valence-electron chi connectivity index (χ4n) is 4.79. The number of aliphatic carboxylic acids is 1. The van der Waals surface area contributed by atoms with E-state index in [1.165, 1.54) is 7.11 Å². The van der Waals surface area contributed by atoms with E-state index in [2.05, 4.69) is 0 Å². The summed E-state index contributed by atoms with van der Waals surface area (Å²) in [4.78, 5) is 13.4. The second kappa shape index (κ2) is 11.2. The number of piperidine rings is 1. The normalized spacial score (nSPS) is 18.0. The number of hydrogen-bond donors (Lipinski definition) is 1. The highest BCUT2D eigenvalue weighted by Gasteiger charge is 2.35. The van der Waals surface area contributed by atoms with Gasteiger partial charge in [-0.3, -0.25) is 9.69 Å². The second-order valence-electron chi connectivity index (χ2n) is 9.12. The van der Waals surface area contributed by atoms with Gasteiger partial charge in [-0.25, -0.2) is 0 Å². The lowest BCUT2D eigenvalue weighted by molar-refractivity contribution is -0.145. The van der Waals surface area contributed by atoms with Crippen LogP contribution in [-0.2, 0) is 17.5 Å². The maximum absolute atomic E-state index is 14.3. The monoisotopic (exact) mass is 511 g/mol. The summed E-state index contributed by atoms with van der Waals surface area (Å²) in [5.74, 6) is -0.898. The van der Waals surface area contributed by atoms with Crippen LogP contribution in [0.1, 0.15) is 49.8 Å². The maximum atomic E-state index is 14.3. The quantitative estimate of drug-likeness (QED) is 0.338. The van der Waals surface area contributed by atoms with Crippen LogP contribution in [0.3, 0.4) is 0 Å². The summed E-state index contributed by atoms with van der Waals surface area (Å²) in [5, 5.41) is 9.59. The highest BCUT2D eigenvalue weighted by Crippen LogP contribution is 2.38. The molecule has 0 aliphatic carbocycles. The topological polar surface area (TPSA) is 49.8 Å². The van der Waals surface area contributed by atoms with Gasteiger partial charge in [-0.1, -0.05) is 67.1 Å². The van der Waals surface area contributed by atoms with Gasteiger partial charge in [0.2, 0.25) is 0 Å². The van der Waals surface area contributed by atoms with Crippen molar-refractivity contribution in [3.63, 3.8) is 0 Å². The minimum atomic E-state index is -4.81. The van der Waals surface area contributed by atoms with Crippen LogP contribution in [0.15, 0.2) is 60.7 Å². The van der Waals surface area contributed by atoms with Gasteiger partial charge in [0.25, 0.3) is 0 Å². The third-order valence-electron chi connectivity index (χ3n) is 6.75. The molecule has 0 spiro atoms. The zero-order valence-electron chi connectivity index (χ0n) is 22.7. The molecule has 4 nitrogen and oxygen atoms in total. The number of methoxy groups -OCH3 is 1. The molecule has 0 bridgehead atoms. The van der Waals surface area contributed by atoms with Gasteiger partial charge in [0.05, 0.1) is 15.4 Å². The summed E-state index contributed by atoms with van der Waals surface area (Å²) < 4.78 is 65.8. The molecule has 1 aliphatic rings. The Morgan fingerprint density at radius 3 is 2.51 bits per heavy atom. The van der Waals surface area contributed by atoms with Gasteiger partial charge in [-0.15, -0.1) is 0 Å². The van der Waals surface area contributed by atoms with Crippen molar-refractivity contribution in [2.45, 2.75) is 44.9 Å². The van der Waals surface area contributed by atoms with E-state index in [9.17, 15) is 23.1 Å². The van der Waals surface area contributed by atoms with Crippen LogP contribution in [0.5, 0.6) is 5.75 Å². The molecule has 0 aromatic heterocycles. The Morgan fingerprint density at radius 2 is 1.84 bits per heavy atom. The van der Waals surface area contributed by atoms with Crippen molar-refractivity contribution in [2.75, 3.05) is 13.7 Å². The van der Waals surface area contributed by atoms with Crippen LogP contribution >= 0.6 is 0 Å². The standard InChI is InChI=1S/C30H30F3NO3/c1-20-21(11-8-12-25(20)22-9-4-3-5-10-22)14-15-23-18-28(37-2)24(17-26(23)30(31,32)33)19-34-16-7-6-13-27(34)29(35)36/h3-5,8-12,14-15,17-18,27H,6-7,13,16,19H2,1-2H3,(H,35,36)/b15-14+/t27-/m0/s1/i14D,15D. The lowest BCUT2D eigenvalue weighted by Crippen LogP contribution is -2.44. The van der Waals surface area contributed by atoms with Crippen molar-refractivity contribution in [3.05, 3.63) is 88.5 Å². The number of benzene rings is 3. The van der Waals surface area contributed by atoms with Crippen molar-refractivity contribution < 1.29 is 30.6 Å². The molecule has 7 heteroatoms. The summed E-state index contributed by atoms with van der Waals surface area (Å²) in [7, 11) is 1.32. The van der Waals surface area contributed by atoms with Gasteiger partial charge in [0.1, 0.15) is 11.8 Å². The molecule has 1 N–H and O–H groups in total. The highest BCUT2D eigenvalue weighted by atomic mass is 19.4. The Bertz CT molecular complexity index is 1390. The van der Waals surface area contributed by atoms with Crippen LogP contribution in [0.2, 0.25) is 0 Å². The summed E-state index contributed by atoms with van der Waals surface area (Å²) in [6.07, 6.45) is -2.90. The van der Waals surface area contributed by atoms with Crippen LogP contribution in [-0.4, -0.2) is 35.7 Å². The average Bonchev–Trinajstić information content (AvgIpc) is 2.92. The van der Waals surface area contributed by atoms with Gasteiger partial charge in [0.15, 0.2) is 0 Å².